The molecule has 0 amide bonds. The predicted octanol–water partition coefficient (Wildman–Crippen LogP) is 0.604. The number of aromatic nitrogens is 1. The molecule has 0 aliphatic carbocycles. The summed E-state index contributed by atoms with van der Waals surface area (Å²) in [5, 5.41) is 0. The lowest BCUT2D eigenvalue weighted by Gasteiger charge is -2.10. The first-order chi connectivity index (χ1) is 6.18. The quantitative estimate of drug-likeness (QED) is 0.739. The molecular formula is C9H15N3O. The average molecular weight is 181 g/mol. The van der Waals surface area contributed by atoms with Gasteiger partial charge in [0.05, 0.1) is 0 Å². The van der Waals surface area contributed by atoms with Crippen molar-refractivity contribution in [2.45, 2.75) is 0 Å². The molecule has 0 fully saturated rings. The SMILES string of the molecule is CN(C)CCOc1ccnc(N)c1. The van der Waals surface area contributed by atoms with E-state index in [1.807, 2.05) is 14.1 Å². The van der Waals surface area contributed by atoms with Crippen LogP contribution < -0.4 is 10.5 Å². The first-order valence-corrected chi connectivity index (χ1v) is 4.17. The van der Waals surface area contributed by atoms with Crippen molar-refractivity contribution in [2.75, 3.05) is 33.0 Å². The van der Waals surface area contributed by atoms with Crippen LogP contribution in [0.5, 0.6) is 5.75 Å². The van der Waals surface area contributed by atoms with Crippen LogP contribution in [0.25, 0.3) is 0 Å². The number of rotatable bonds is 4. The number of nitrogens with two attached hydrogens (primary N) is 1. The summed E-state index contributed by atoms with van der Waals surface area (Å²) in [6.07, 6.45) is 1.64. The molecule has 1 heterocycles. The van der Waals surface area contributed by atoms with Gasteiger partial charge >= 0.3 is 0 Å². The molecule has 2 N–H and O–H groups in total. The van der Waals surface area contributed by atoms with Gasteiger partial charge in [0.1, 0.15) is 18.2 Å². The lowest BCUT2D eigenvalue weighted by Crippen LogP contribution is -2.19. The Balaban J connectivity index is 2.37. The third-order valence-corrected chi connectivity index (χ3v) is 1.56. The van der Waals surface area contributed by atoms with Gasteiger partial charge in [0, 0.05) is 18.8 Å². The molecule has 0 aromatic carbocycles. The Kier molecular flexibility index (Phi) is 3.52. The Morgan fingerprint density at radius 3 is 2.92 bits per heavy atom. The third kappa shape index (κ3) is 3.75. The van der Waals surface area contributed by atoms with Gasteiger partial charge in [-0.15, -0.1) is 0 Å². The maximum atomic E-state index is 5.49. The summed E-state index contributed by atoms with van der Waals surface area (Å²) in [4.78, 5) is 5.93. The zero-order chi connectivity index (χ0) is 9.68. The molecule has 1 aromatic heterocycles. The molecule has 0 unspecified atom stereocenters. The van der Waals surface area contributed by atoms with Crippen molar-refractivity contribution < 1.29 is 4.74 Å². The summed E-state index contributed by atoms with van der Waals surface area (Å²) in [6.45, 7) is 1.55. The highest BCUT2D eigenvalue weighted by Gasteiger charge is 1.95. The van der Waals surface area contributed by atoms with Crippen molar-refractivity contribution >= 4 is 5.82 Å². The Bertz CT molecular complexity index is 263. The minimum Gasteiger partial charge on any atom is -0.492 e. The minimum atomic E-state index is 0.488. The summed E-state index contributed by atoms with van der Waals surface area (Å²) < 4.78 is 5.44. The largest absolute Gasteiger partial charge is 0.492 e. The summed E-state index contributed by atoms with van der Waals surface area (Å²) in [7, 11) is 4.01. The summed E-state index contributed by atoms with van der Waals surface area (Å²) >= 11 is 0. The minimum absolute atomic E-state index is 0.488. The second kappa shape index (κ2) is 4.67. The second-order valence-corrected chi connectivity index (χ2v) is 3.07. The fourth-order valence-corrected chi connectivity index (χ4v) is 0.864. The van der Waals surface area contributed by atoms with Gasteiger partial charge in [0.2, 0.25) is 0 Å². The van der Waals surface area contributed by atoms with Crippen LogP contribution in [0.15, 0.2) is 18.3 Å². The monoisotopic (exact) mass is 181 g/mol. The first kappa shape index (κ1) is 9.80. The van der Waals surface area contributed by atoms with Gasteiger partial charge in [0.15, 0.2) is 0 Å². The van der Waals surface area contributed by atoms with E-state index in [4.69, 9.17) is 10.5 Å². The number of nitrogens with zero attached hydrogens (tertiary/aromatic N) is 2. The number of likely N-dealkylation sites (N-methyl/N-ethyl adjacent to an activating group) is 1. The van der Waals surface area contributed by atoms with Gasteiger partial charge in [-0.3, -0.25) is 0 Å². The topological polar surface area (TPSA) is 51.4 Å². The van der Waals surface area contributed by atoms with Crippen molar-refractivity contribution in [2.24, 2.45) is 0 Å². The van der Waals surface area contributed by atoms with E-state index in [0.717, 1.165) is 12.3 Å². The van der Waals surface area contributed by atoms with E-state index in [-0.39, 0.29) is 0 Å². The van der Waals surface area contributed by atoms with Crippen LogP contribution in [-0.2, 0) is 0 Å². The summed E-state index contributed by atoms with van der Waals surface area (Å²) in [6, 6.07) is 3.52. The molecule has 0 spiro atoms. The van der Waals surface area contributed by atoms with Crippen LogP contribution in [0.1, 0.15) is 0 Å². The molecule has 0 radical (unpaired) electrons. The van der Waals surface area contributed by atoms with Gasteiger partial charge in [-0.25, -0.2) is 4.98 Å². The van der Waals surface area contributed by atoms with Crippen LogP contribution in [-0.4, -0.2) is 37.1 Å². The highest BCUT2D eigenvalue weighted by atomic mass is 16.5. The molecule has 0 saturated carbocycles. The van der Waals surface area contributed by atoms with Crippen molar-refractivity contribution in [3.63, 3.8) is 0 Å². The molecule has 1 rings (SSSR count). The molecule has 0 bridgehead atoms. The first-order valence-electron chi connectivity index (χ1n) is 4.17. The van der Waals surface area contributed by atoms with Crippen LogP contribution in [0.3, 0.4) is 0 Å². The van der Waals surface area contributed by atoms with Crippen molar-refractivity contribution in [1.29, 1.82) is 0 Å². The Morgan fingerprint density at radius 1 is 1.54 bits per heavy atom. The molecule has 0 atom stereocenters. The molecule has 4 nitrogen and oxygen atoms in total. The summed E-state index contributed by atoms with van der Waals surface area (Å²) in [5.41, 5.74) is 5.49. The highest BCUT2D eigenvalue weighted by Crippen LogP contribution is 2.11. The third-order valence-electron chi connectivity index (χ3n) is 1.56. The van der Waals surface area contributed by atoms with E-state index in [1.54, 1.807) is 18.3 Å². The zero-order valence-electron chi connectivity index (χ0n) is 8.03. The predicted molar refractivity (Wildman–Crippen MR) is 52.7 cm³/mol. The van der Waals surface area contributed by atoms with E-state index in [0.29, 0.717) is 12.4 Å². The van der Waals surface area contributed by atoms with E-state index in [2.05, 4.69) is 9.88 Å². The number of nitrogen functional groups attached to an aromatic ring is 1. The molecule has 0 saturated heterocycles. The Labute approximate surface area is 78.3 Å². The molecule has 4 heteroatoms. The fourth-order valence-electron chi connectivity index (χ4n) is 0.864. The molecule has 0 aliphatic heterocycles. The molecular weight excluding hydrogens is 166 g/mol. The van der Waals surface area contributed by atoms with E-state index in [9.17, 15) is 0 Å². The van der Waals surface area contributed by atoms with Crippen molar-refractivity contribution in [3.05, 3.63) is 18.3 Å². The van der Waals surface area contributed by atoms with Gasteiger partial charge in [-0.2, -0.15) is 0 Å². The molecule has 1 aromatic rings. The van der Waals surface area contributed by atoms with Crippen molar-refractivity contribution in [3.8, 4) is 5.75 Å². The number of anilines is 1. The number of hydrogen-bond acceptors (Lipinski definition) is 4. The van der Waals surface area contributed by atoms with Gasteiger partial charge in [0.25, 0.3) is 0 Å². The van der Waals surface area contributed by atoms with E-state index >= 15 is 0 Å². The van der Waals surface area contributed by atoms with Crippen LogP contribution in [0, 0.1) is 0 Å². The van der Waals surface area contributed by atoms with Gasteiger partial charge in [-0.1, -0.05) is 0 Å². The maximum absolute atomic E-state index is 5.49. The number of ether oxygens (including phenoxy) is 1. The summed E-state index contributed by atoms with van der Waals surface area (Å²) in [5.74, 6) is 1.26. The fraction of sp³-hybridized carbons (Fsp3) is 0.444. The van der Waals surface area contributed by atoms with E-state index < -0.39 is 0 Å². The van der Waals surface area contributed by atoms with Crippen LogP contribution >= 0.6 is 0 Å². The van der Waals surface area contributed by atoms with E-state index in [1.165, 1.54) is 0 Å². The lowest BCUT2D eigenvalue weighted by atomic mass is 10.4. The molecule has 72 valence electrons. The highest BCUT2D eigenvalue weighted by molar-refractivity contribution is 5.35. The smallest absolute Gasteiger partial charge is 0.126 e. The standard InChI is InChI=1S/C9H15N3O/c1-12(2)5-6-13-8-3-4-11-9(10)7-8/h3-4,7H,5-6H2,1-2H3,(H2,10,11). The molecule has 0 aliphatic rings. The van der Waals surface area contributed by atoms with Gasteiger partial charge < -0.3 is 15.4 Å². The zero-order valence-corrected chi connectivity index (χ0v) is 8.03. The van der Waals surface area contributed by atoms with Crippen LogP contribution in [0.4, 0.5) is 5.82 Å². The molecule has 13 heavy (non-hydrogen) atoms. The average Bonchev–Trinajstić information content (AvgIpc) is 2.03. The lowest BCUT2D eigenvalue weighted by molar-refractivity contribution is 0.261. The van der Waals surface area contributed by atoms with Crippen molar-refractivity contribution in [1.82, 2.24) is 9.88 Å². The maximum Gasteiger partial charge on any atom is 0.126 e. The van der Waals surface area contributed by atoms with Gasteiger partial charge in [-0.05, 0) is 20.2 Å². The normalized spacial score (nSPS) is 10.4. The Hall–Kier alpha value is -1.29. The Morgan fingerprint density at radius 2 is 2.31 bits per heavy atom. The number of hydrogen-bond donors (Lipinski definition) is 1. The number of pyridine rings is 1. The second-order valence-electron chi connectivity index (χ2n) is 3.07. The van der Waals surface area contributed by atoms with Crippen LogP contribution in [0.2, 0.25) is 0 Å².